The lowest BCUT2D eigenvalue weighted by atomic mass is 9.94. The quantitative estimate of drug-likeness (QED) is 0.369. The summed E-state index contributed by atoms with van der Waals surface area (Å²) in [5.74, 6) is -1.04. The minimum Gasteiger partial charge on any atom is -0.507 e. The number of aryl methyl sites for hydroxylation is 1. The van der Waals surface area contributed by atoms with E-state index in [0.29, 0.717) is 35.9 Å². The first-order valence-corrected chi connectivity index (χ1v) is 11.0. The van der Waals surface area contributed by atoms with Gasteiger partial charge in [0.1, 0.15) is 17.3 Å². The molecule has 1 N–H and O–H groups in total. The van der Waals surface area contributed by atoms with Crippen molar-refractivity contribution in [1.82, 2.24) is 9.80 Å². The fraction of sp³-hybridized carbons (Fsp3) is 0.385. The SMILES string of the molecule is Cc1cc(/C(O)=C2\C(=O)C(=O)N(CCN(C)C)[C@@H]2c2ccc(F)cc2)ccc1OCC(C)C. The fourth-order valence-corrected chi connectivity index (χ4v) is 3.78. The molecule has 0 saturated carbocycles. The van der Waals surface area contributed by atoms with Gasteiger partial charge in [-0.05, 0) is 68.4 Å². The second-order valence-corrected chi connectivity index (χ2v) is 9.03. The second-order valence-electron chi connectivity index (χ2n) is 9.03. The fourth-order valence-electron chi connectivity index (χ4n) is 3.78. The summed E-state index contributed by atoms with van der Waals surface area (Å²) < 4.78 is 19.4. The minimum atomic E-state index is -0.803. The number of aliphatic hydroxyl groups excluding tert-OH is 1. The van der Waals surface area contributed by atoms with Crippen molar-refractivity contribution >= 4 is 17.4 Å². The van der Waals surface area contributed by atoms with E-state index in [1.54, 1.807) is 18.2 Å². The summed E-state index contributed by atoms with van der Waals surface area (Å²) in [7, 11) is 3.74. The minimum absolute atomic E-state index is 0.000568. The molecule has 0 aromatic heterocycles. The number of nitrogens with zero attached hydrogens (tertiary/aromatic N) is 2. The Morgan fingerprint density at radius 1 is 1.15 bits per heavy atom. The lowest BCUT2D eigenvalue weighted by molar-refractivity contribution is -0.140. The summed E-state index contributed by atoms with van der Waals surface area (Å²) >= 11 is 0. The zero-order chi connectivity index (χ0) is 24.3. The van der Waals surface area contributed by atoms with Gasteiger partial charge < -0.3 is 19.6 Å². The largest absolute Gasteiger partial charge is 0.507 e. The maximum atomic E-state index is 13.6. The highest BCUT2D eigenvalue weighted by Crippen LogP contribution is 2.39. The molecule has 0 aliphatic carbocycles. The number of carbonyl (C=O) groups is 2. The standard InChI is InChI=1S/C26H31FN2O4/c1-16(2)15-33-21-11-8-19(14-17(21)3)24(30)22-23(18-6-9-20(27)10-7-18)29(13-12-28(4)5)26(32)25(22)31/h6-11,14,16,23,30H,12-13,15H2,1-5H3/b24-22+/t23-/m1/s1. The van der Waals surface area contributed by atoms with Crippen LogP contribution in [0.4, 0.5) is 4.39 Å². The lowest BCUT2D eigenvalue weighted by Gasteiger charge is -2.26. The number of carbonyl (C=O) groups excluding carboxylic acids is 2. The van der Waals surface area contributed by atoms with E-state index in [-0.39, 0.29) is 17.9 Å². The van der Waals surface area contributed by atoms with Gasteiger partial charge in [-0.25, -0.2) is 4.39 Å². The van der Waals surface area contributed by atoms with Crippen molar-refractivity contribution in [3.05, 3.63) is 70.5 Å². The topological polar surface area (TPSA) is 70.1 Å². The molecule has 1 atom stereocenters. The van der Waals surface area contributed by atoms with Gasteiger partial charge in [0, 0.05) is 18.7 Å². The Kier molecular flexibility index (Phi) is 7.53. The number of likely N-dealkylation sites (N-methyl/N-ethyl adjacent to an activating group) is 1. The van der Waals surface area contributed by atoms with E-state index in [1.807, 2.05) is 25.9 Å². The number of hydrogen-bond donors (Lipinski definition) is 1. The molecule has 3 rings (SSSR count). The smallest absolute Gasteiger partial charge is 0.295 e. The Hall–Kier alpha value is -3.19. The number of halogens is 1. The number of ketones is 1. The van der Waals surface area contributed by atoms with Gasteiger partial charge in [-0.1, -0.05) is 26.0 Å². The molecule has 33 heavy (non-hydrogen) atoms. The van der Waals surface area contributed by atoms with Crippen molar-refractivity contribution < 1.29 is 23.8 Å². The molecule has 1 amide bonds. The second kappa shape index (κ2) is 10.2. The highest BCUT2D eigenvalue weighted by molar-refractivity contribution is 6.46. The maximum Gasteiger partial charge on any atom is 0.295 e. The monoisotopic (exact) mass is 454 g/mol. The molecule has 0 unspecified atom stereocenters. The van der Waals surface area contributed by atoms with Crippen LogP contribution in [0, 0.1) is 18.7 Å². The highest BCUT2D eigenvalue weighted by atomic mass is 19.1. The van der Waals surface area contributed by atoms with Crippen LogP contribution in [0.25, 0.3) is 5.76 Å². The van der Waals surface area contributed by atoms with Crippen molar-refractivity contribution in [2.45, 2.75) is 26.8 Å². The molecule has 2 aromatic carbocycles. The molecule has 1 aliphatic rings. The van der Waals surface area contributed by atoms with Crippen molar-refractivity contribution in [2.24, 2.45) is 5.92 Å². The predicted octanol–water partition coefficient (Wildman–Crippen LogP) is 4.15. The van der Waals surface area contributed by atoms with E-state index in [9.17, 15) is 19.1 Å². The van der Waals surface area contributed by atoms with Crippen LogP contribution >= 0.6 is 0 Å². The van der Waals surface area contributed by atoms with E-state index in [0.717, 1.165) is 5.56 Å². The zero-order valence-electron chi connectivity index (χ0n) is 19.8. The summed E-state index contributed by atoms with van der Waals surface area (Å²) in [5, 5.41) is 11.2. The van der Waals surface area contributed by atoms with E-state index >= 15 is 0 Å². The van der Waals surface area contributed by atoms with Gasteiger partial charge in [-0.15, -0.1) is 0 Å². The van der Waals surface area contributed by atoms with Gasteiger partial charge in [-0.2, -0.15) is 0 Å². The van der Waals surface area contributed by atoms with Gasteiger partial charge in [0.25, 0.3) is 11.7 Å². The molecule has 1 saturated heterocycles. The van der Waals surface area contributed by atoms with Gasteiger partial charge >= 0.3 is 0 Å². The van der Waals surface area contributed by atoms with Crippen LogP contribution in [-0.2, 0) is 9.59 Å². The summed E-state index contributed by atoms with van der Waals surface area (Å²) in [4.78, 5) is 29.3. The third-order valence-electron chi connectivity index (χ3n) is 5.53. The number of aliphatic hydroxyl groups is 1. The van der Waals surface area contributed by atoms with E-state index in [2.05, 4.69) is 13.8 Å². The predicted molar refractivity (Wildman–Crippen MR) is 125 cm³/mol. The van der Waals surface area contributed by atoms with Crippen LogP contribution in [0.5, 0.6) is 5.75 Å². The van der Waals surface area contributed by atoms with Crippen LogP contribution < -0.4 is 4.74 Å². The van der Waals surface area contributed by atoms with E-state index in [1.165, 1.54) is 29.2 Å². The number of hydrogen-bond acceptors (Lipinski definition) is 5. The molecule has 1 heterocycles. The Labute approximate surface area is 194 Å². The van der Waals surface area contributed by atoms with Gasteiger partial charge in [0.05, 0.1) is 18.2 Å². The number of ether oxygens (including phenoxy) is 1. The average Bonchev–Trinajstić information content (AvgIpc) is 3.01. The Morgan fingerprint density at radius 3 is 2.39 bits per heavy atom. The number of likely N-dealkylation sites (tertiary alicyclic amines) is 1. The molecule has 7 heteroatoms. The first-order valence-electron chi connectivity index (χ1n) is 11.0. The average molecular weight is 455 g/mol. The highest BCUT2D eigenvalue weighted by Gasteiger charge is 2.45. The molecule has 6 nitrogen and oxygen atoms in total. The number of amides is 1. The van der Waals surface area contributed by atoms with Crippen LogP contribution in [0.15, 0.2) is 48.0 Å². The molecule has 2 aromatic rings. The van der Waals surface area contributed by atoms with E-state index < -0.39 is 23.5 Å². The van der Waals surface area contributed by atoms with Gasteiger partial charge in [0.15, 0.2) is 0 Å². The molecule has 1 fully saturated rings. The molecule has 1 aliphatic heterocycles. The molecule has 0 bridgehead atoms. The van der Waals surface area contributed by atoms with Crippen molar-refractivity contribution in [3.8, 4) is 5.75 Å². The maximum absolute atomic E-state index is 13.6. The normalized spacial score (nSPS) is 17.9. The number of Topliss-reactive ketones (excluding diaryl/α,β-unsaturated/α-hetero) is 1. The summed E-state index contributed by atoms with van der Waals surface area (Å²) in [6, 6.07) is 10.0. The van der Waals surface area contributed by atoms with E-state index in [4.69, 9.17) is 4.74 Å². The molecular weight excluding hydrogens is 423 g/mol. The summed E-state index contributed by atoms with van der Waals surface area (Å²) in [5.41, 5.74) is 1.78. The first-order chi connectivity index (χ1) is 15.6. The molecule has 0 radical (unpaired) electrons. The Bertz CT molecular complexity index is 1060. The van der Waals surface area contributed by atoms with Gasteiger partial charge in [0.2, 0.25) is 0 Å². The number of rotatable bonds is 8. The molecular formula is C26H31FN2O4. The zero-order valence-corrected chi connectivity index (χ0v) is 19.8. The Balaban J connectivity index is 2.06. The Morgan fingerprint density at radius 2 is 1.82 bits per heavy atom. The van der Waals surface area contributed by atoms with Crippen molar-refractivity contribution in [2.75, 3.05) is 33.8 Å². The first kappa shape index (κ1) is 24.5. The van der Waals surface area contributed by atoms with Crippen molar-refractivity contribution in [3.63, 3.8) is 0 Å². The third-order valence-corrected chi connectivity index (χ3v) is 5.53. The lowest BCUT2D eigenvalue weighted by Crippen LogP contribution is -2.35. The van der Waals surface area contributed by atoms with Crippen molar-refractivity contribution in [1.29, 1.82) is 0 Å². The van der Waals surface area contributed by atoms with Crippen LogP contribution in [0.3, 0.4) is 0 Å². The summed E-state index contributed by atoms with van der Waals surface area (Å²) in [6.07, 6.45) is 0. The van der Waals surface area contributed by atoms with Gasteiger partial charge in [-0.3, -0.25) is 9.59 Å². The summed E-state index contributed by atoms with van der Waals surface area (Å²) in [6.45, 7) is 7.36. The third kappa shape index (κ3) is 5.42. The van der Waals surface area contributed by atoms with Crippen LogP contribution in [0.2, 0.25) is 0 Å². The molecule has 176 valence electrons. The number of benzene rings is 2. The molecule has 0 spiro atoms. The van der Waals surface area contributed by atoms with Crippen LogP contribution in [-0.4, -0.2) is 60.4 Å². The van der Waals surface area contributed by atoms with Crippen LogP contribution in [0.1, 0.15) is 36.6 Å².